The van der Waals surface area contributed by atoms with Crippen molar-refractivity contribution in [3.8, 4) is 0 Å². The van der Waals surface area contributed by atoms with E-state index in [0.717, 1.165) is 6.54 Å². The van der Waals surface area contributed by atoms with Crippen LogP contribution >= 0.6 is 11.1 Å². The average molecular weight is 191 g/mol. The Bertz CT molecular complexity index is 304. The van der Waals surface area contributed by atoms with E-state index in [1.54, 1.807) is 0 Å². The van der Waals surface area contributed by atoms with Crippen LogP contribution in [0.25, 0.3) is 0 Å². The molecule has 1 nitrogen and oxygen atoms in total. The number of nitrogens with one attached hydrogen (secondary N) is 1. The van der Waals surface area contributed by atoms with Gasteiger partial charge in [0.25, 0.3) is 0 Å². The Morgan fingerprint density at radius 1 is 1.00 bits per heavy atom. The van der Waals surface area contributed by atoms with Crippen LogP contribution in [-0.2, 0) is 6.54 Å². The number of hydrogen-bond acceptors (Lipinski definition) is 1. The lowest BCUT2D eigenvalue weighted by molar-refractivity contribution is 0.977. The van der Waals surface area contributed by atoms with E-state index in [1.165, 1.54) is 5.56 Å². The van der Waals surface area contributed by atoms with Gasteiger partial charge in [0, 0.05) is 6.54 Å². The van der Waals surface area contributed by atoms with E-state index in [1.807, 2.05) is 6.07 Å². The highest BCUT2D eigenvalue weighted by atomic mass is 32.2. The summed E-state index contributed by atoms with van der Waals surface area (Å²) in [4.78, 5) is 0. The van der Waals surface area contributed by atoms with Crippen molar-refractivity contribution in [1.82, 2.24) is 4.72 Å². The van der Waals surface area contributed by atoms with Crippen molar-refractivity contribution >= 4 is 11.1 Å². The molecule has 0 bridgehead atoms. The zero-order valence-corrected chi connectivity index (χ0v) is 8.24. The van der Waals surface area contributed by atoms with Crippen LogP contribution in [-0.4, -0.2) is 0 Å². The predicted molar refractivity (Wildman–Crippen MR) is 60.5 cm³/mol. The number of allylic oxidation sites excluding steroid dienone is 2. The molecule has 0 amide bonds. The maximum Gasteiger partial charge on any atom is 0.0298 e. The van der Waals surface area contributed by atoms with Crippen molar-refractivity contribution in [2.75, 3.05) is 0 Å². The van der Waals surface area contributed by atoms with Gasteiger partial charge in [-0.25, -0.2) is 0 Å². The topological polar surface area (TPSA) is 12.0 Å². The van der Waals surface area contributed by atoms with Crippen LogP contribution in [0.4, 0.5) is 0 Å². The van der Waals surface area contributed by atoms with E-state index in [-0.39, 0.29) is 11.1 Å². The molecule has 0 saturated heterocycles. The van der Waals surface area contributed by atoms with Crippen LogP contribution < -0.4 is 4.72 Å². The normalized spacial score (nSPS) is 16.8. The van der Waals surface area contributed by atoms with E-state index in [0.29, 0.717) is 0 Å². The van der Waals surface area contributed by atoms with Gasteiger partial charge in [0.2, 0.25) is 0 Å². The predicted octanol–water partition coefficient (Wildman–Crippen LogP) is 2.73. The second-order valence-electron chi connectivity index (χ2n) is 2.91. The van der Waals surface area contributed by atoms with Gasteiger partial charge < -0.3 is 0 Å². The molecule has 1 aliphatic heterocycles. The Morgan fingerprint density at radius 2 is 1.69 bits per heavy atom. The summed E-state index contributed by atoms with van der Waals surface area (Å²) in [6.07, 6.45) is 4.20. The van der Waals surface area contributed by atoms with Crippen LogP contribution in [0.3, 0.4) is 0 Å². The monoisotopic (exact) mass is 191 g/mol. The second-order valence-corrected chi connectivity index (χ2v) is 4.64. The van der Waals surface area contributed by atoms with Gasteiger partial charge in [-0.05, 0) is 16.4 Å². The lowest BCUT2D eigenvalue weighted by Gasteiger charge is -2.11. The molecule has 0 unspecified atom stereocenters. The molecule has 0 radical (unpaired) electrons. The molecule has 1 heterocycles. The Morgan fingerprint density at radius 3 is 2.38 bits per heavy atom. The Hall–Kier alpha value is -0.990. The number of thiol groups is 1. The third-order valence-corrected chi connectivity index (χ3v) is 3.42. The minimum absolute atomic E-state index is 0.180. The third kappa shape index (κ3) is 2.47. The molecule has 1 aliphatic rings. The standard InChI is InChI=1S/C11H13NS/c1-2-6-11(7-3-1)10-12-13-8-4-5-9-13/h1-9,12-13H,10H2. The average Bonchev–Trinajstić information content (AvgIpc) is 2.69. The van der Waals surface area contributed by atoms with Gasteiger partial charge in [0.15, 0.2) is 0 Å². The van der Waals surface area contributed by atoms with Gasteiger partial charge in [0.1, 0.15) is 0 Å². The third-order valence-electron chi connectivity index (χ3n) is 1.91. The molecule has 0 spiro atoms. The summed E-state index contributed by atoms with van der Waals surface area (Å²) in [5.74, 6) is 0. The van der Waals surface area contributed by atoms with Crippen molar-refractivity contribution in [3.05, 3.63) is 58.9 Å². The molecule has 1 aromatic carbocycles. The highest BCUT2D eigenvalue weighted by Crippen LogP contribution is 2.28. The molecule has 1 aromatic rings. The minimum atomic E-state index is -0.180. The first-order chi connectivity index (χ1) is 6.45. The highest BCUT2D eigenvalue weighted by Gasteiger charge is 1.97. The maximum atomic E-state index is 3.49. The van der Waals surface area contributed by atoms with E-state index < -0.39 is 0 Å². The first kappa shape index (κ1) is 8.60. The fourth-order valence-corrected chi connectivity index (χ4v) is 2.46. The molecule has 0 aromatic heterocycles. The van der Waals surface area contributed by atoms with Crippen molar-refractivity contribution in [2.24, 2.45) is 0 Å². The van der Waals surface area contributed by atoms with Gasteiger partial charge in [-0.3, -0.25) is 4.72 Å². The van der Waals surface area contributed by atoms with Gasteiger partial charge in [-0.15, -0.1) is 0 Å². The molecular weight excluding hydrogens is 178 g/mol. The summed E-state index contributed by atoms with van der Waals surface area (Å²) in [6.45, 7) is 0.960. The van der Waals surface area contributed by atoms with Crippen molar-refractivity contribution in [2.45, 2.75) is 6.54 Å². The fourth-order valence-electron chi connectivity index (χ4n) is 1.22. The van der Waals surface area contributed by atoms with Gasteiger partial charge in [0.05, 0.1) is 0 Å². The maximum absolute atomic E-state index is 3.49. The molecule has 0 saturated carbocycles. The van der Waals surface area contributed by atoms with Crippen LogP contribution in [0.5, 0.6) is 0 Å². The molecule has 68 valence electrons. The molecule has 2 heteroatoms. The van der Waals surface area contributed by atoms with Crippen molar-refractivity contribution in [1.29, 1.82) is 0 Å². The van der Waals surface area contributed by atoms with Crippen LogP contribution in [0.1, 0.15) is 5.56 Å². The molecule has 13 heavy (non-hydrogen) atoms. The summed E-state index contributed by atoms with van der Waals surface area (Å²) >= 11 is -0.180. The quantitative estimate of drug-likeness (QED) is 0.700. The summed E-state index contributed by atoms with van der Waals surface area (Å²) < 4.78 is 3.49. The van der Waals surface area contributed by atoms with Crippen molar-refractivity contribution in [3.63, 3.8) is 0 Å². The molecule has 0 fully saturated rings. The van der Waals surface area contributed by atoms with Crippen molar-refractivity contribution < 1.29 is 0 Å². The first-order valence-corrected chi connectivity index (χ1v) is 5.84. The smallest absolute Gasteiger partial charge is 0.0298 e. The summed E-state index contributed by atoms with van der Waals surface area (Å²) in [6, 6.07) is 10.5. The Balaban J connectivity index is 1.86. The molecule has 1 N–H and O–H groups in total. The fraction of sp³-hybridized carbons (Fsp3) is 0.0909. The SMILES string of the molecule is C1=C[SH](NCc2ccccc2)C=C1. The van der Waals surface area contributed by atoms with E-state index in [2.05, 4.69) is 52.0 Å². The van der Waals surface area contributed by atoms with E-state index >= 15 is 0 Å². The Labute approximate surface area is 81.6 Å². The lowest BCUT2D eigenvalue weighted by atomic mass is 10.2. The number of benzene rings is 1. The van der Waals surface area contributed by atoms with E-state index in [9.17, 15) is 0 Å². The summed E-state index contributed by atoms with van der Waals surface area (Å²) in [7, 11) is 0. The zero-order chi connectivity index (χ0) is 8.93. The zero-order valence-electron chi connectivity index (χ0n) is 7.35. The van der Waals surface area contributed by atoms with Gasteiger partial charge in [-0.1, -0.05) is 42.5 Å². The van der Waals surface area contributed by atoms with Crippen LogP contribution in [0, 0.1) is 0 Å². The number of rotatable bonds is 3. The second kappa shape index (κ2) is 4.30. The lowest BCUT2D eigenvalue weighted by Crippen LogP contribution is -2.05. The molecular formula is C11H13NS. The van der Waals surface area contributed by atoms with Gasteiger partial charge >= 0.3 is 0 Å². The number of hydrogen-bond donors (Lipinski definition) is 2. The summed E-state index contributed by atoms with van der Waals surface area (Å²) in [5.41, 5.74) is 1.35. The highest BCUT2D eigenvalue weighted by molar-refractivity contribution is 8.20. The molecule has 0 atom stereocenters. The first-order valence-electron chi connectivity index (χ1n) is 4.36. The van der Waals surface area contributed by atoms with Gasteiger partial charge in [-0.2, -0.15) is 11.1 Å². The van der Waals surface area contributed by atoms with E-state index in [4.69, 9.17) is 0 Å². The molecule has 0 aliphatic carbocycles. The van der Waals surface area contributed by atoms with Crippen LogP contribution in [0.15, 0.2) is 53.3 Å². The Kier molecular flexibility index (Phi) is 2.85. The molecule has 2 rings (SSSR count). The largest absolute Gasteiger partial charge is 0.272 e. The van der Waals surface area contributed by atoms with Crippen LogP contribution in [0.2, 0.25) is 0 Å². The minimum Gasteiger partial charge on any atom is -0.272 e. The summed E-state index contributed by atoms with van der Waals surface area (Å²) in [5, 5.41) is 4.44.